The molecule has 164 valence electrons. The molecule has 5 atom stereocenters. The Morgan fingerprint density at radius 3 is 2.10 bits per heavy atom. The summed E-state index contributed by atoms with van der Waals surface area (Å²) in [6, 6.07) is 16.5. The van der Waals surface area contributed by atoms with Crippen LogP contribution in [0.25, 0.3) is 0 Å². The zero-order valence-electron chi connectivity index (χ0n) is 16.7. The number of hydrogen-bond donors (Lipinski definition) is 2. The normalized spacial score (nSPS) is 25.4. The van der Waals surface area contributed by atoms with Gasteiger partial charge in [-0.2, -0.15) is 0 Å². The van der Waals surface area contributed by atoms with Crippen LogP contribution in [-0.2, 0) is 18.9 Å². The van der Waals surface area contributed by atoms with Gasteiger partial charge >= 0.3 is 11.9 Å². The molecule has 0 aromatic heterocycles. The molecule has 8 heteroatoms. The SMILES string of the molecule is C=CCO[C@@H]1[C@@H](OC(=O)c2ccccc2)[C@@H](O)[C@@H](COC(=O)c2ccccc2)O[C@H]1O. The third kappa shape index (κ3) is 5.77. The van der Waals surface area contributed by atoms with E-state index in [1.807, 2.05) is 0 Å². The molecular weight excluding hydrogens is 404 g/mol. The van der Waals surface area contributed by atoms with Crippen LogP contribution in [0.4, 0.5) is 0 Å². The van der Waals surface area contributed by atoms with Crippen LogP contribution in [0.15, 0.2) is 73.3 Å². The fourth-order valence-electron chi connectivity index (χ4n) is 3.12. The van der Waals surface area contributed by atoms with Crippen molar-refractivity contribution in [2.45, 2.75) is 30.7 Å². The highest BCUT2D eigenvalue weighted by molar-refractivity contribution is 5.89. The van der Waals surface area contributed by atoms with Gasteiger partial charge in [0, 0.05) is 0 Å². The van der Waals surface area contributed by atoms with Gasteiger partial charge in [-0.25, -0.2) is 9.59 Å². The first-order valence-corrected chi connectivity index (χ1v) is 9.73. The summed E-state index contributed by atoms with van der Waals surface area (Å²) in [7, 11) is 0. The van der Waals surface area contributed by atoms with Crippen LogP contribution in [0, 0.1) is 0 Å². The van der Waals surface area contributed by atoms with Gasteiger partial charge in [-0.05, 0) is 24.3 Å². The Balaban J connectivity index is 1.71. The Morgan fingerprint density at radius 1 is 0.935 bits per heavy atom. The minimum absolute atomic E-state index is 0.0326. The number of benzene rings is 2. The van der Waals surface area contributed by atoms with Gasteiger partial charge in [0.25, 0.3) is 0 Å². The first-order chi connectivity index (χ1) is 15.0. The Bertz CT molecular complexity index is 870. The molecule has 1 aliphatic heterocycles. The summed E-state index contributed by atoms with van der Waals surface area (Å²) in [6.07, 6.45) is -5.08. The lowest BCUT2D eigenvalue weighted by Gasteiger charge is -2.41. The number of aliphatic hydroxyl groups is 2. The fourth-order valence-corrected chi connectivity index (χ4v) is 3.12. The Kier molecular flexibility index (Phi) is 7.91. The van der Waals surface area contributed by atoms with Crippen molar-refractivity contribution in [3.05, 3.63) is 84.4 Å². The van der Waals surface area contributed by atoms with Gasteiger partial charge in [-0.1, -0.05) is 42.5 Å². The molecule has 0 saturated carbocycles. The van der Waals surface area contributed by atoms with Gasteiger partial charge in [0.2, 0.25) is 0 Å². The lowest BCUT2D eigenvalue weighted by molar-refractivity contribution is -0.293. The van der Waals surface area contributed by atoms with Crippen LogP contribution in [0.3, 0.4) is 0 Å². The predicted octanol–water partition coefficient (Wildman–Crippen LogP) is 1.72. The molecule has 2 aromatic carbocycles. The van der Waals surface area contributed by atoms with E-state index in [2.05, 4.69) is 6.58 Å². The first-order valence-electron chi connectivity index (χ1n) is 9.73. The zero-order valence-corrected chi connectivity index (χ0v) is 16.7. The molecule has 2 aromatic rings. The van der Waals surface area contributed by atoms with E-state index in [0.29, 0.717) is 5.56 Å². The second kappa shape index (κ2) is 10.8. The van der Waals surface area contributed by atoms with Crippen LogP contribution in [0.5, 0.6) is 0 Å². The summed E-state index contributed by atoms with van der Waals surface area (Å²) < 4.78 is 21.5. The monoisotopic (exact) mass is 428 g/mol. The van der Waals surface area contributed by atoms with Crippen molar-refractivity contribution in [2.24, 2.45) is 0 Å². The number of carbonyl (C=O) groups is 2. The van der Waals surface area contributed by atoms with Crippen molar-refractivity contribution < 1.29 is 38.7 Å². The van der Waals surface area contributed by atoms with E-state index in [0.717, 1.165) is 0 Å². The number of hydrogen-bond acceptors (Lipinski definition) is 8. The van der Waals surface area contributed by atoms with E-state index < -0.39 is 42.6 Å². The van der Waals surface area contributed by atoms with Crippen LogP contribution in [-0.4, -0.2) is 66.1 Å². The van der Waals surface area contributed by atoms with Crippen molar-refractivity contribution in [1.29, 1.82) is 0 Å². The van der Waals surface area contributed by atoms with Crippen molar-refractivity contribution >= 4 is 11.9 Å². The zero-order chi connectivity index (χ0) is 22.2. The molecule has 0 bridgehead atoms. The van der Waals surface area contributed by atoms with Gasteiger partial charge in [0.05, 0.1) is 17.7 Å². The average Bonchev–Trinajstić information content (AvgIpc) is 2.80. The Labute approximate surface area is 179 Å². The van der Waals surface area contributed by atoms with Crippen molar-refractivity contribution in [2.75, 3.05) is 13.2 Å². The number of ether oxygens (including phenoxy) is 4. The molecule has 3 rings (SSSR count). The summed E-state index contributed by atoms with van der Waals surface area (Å²) >= 11 is 0. The van der Waals surface area contributed by atoms with Crippen molar-refractivity contribution in [3.8, 4) is 0 Å². The largest absolute Gasteiger partial charge is 0.459 e. The van der Waals surface area contributed by atoms with Crippen LogP contribution >= 0.6 is 0 Å². The highest BCUT2D eigenvalue weighted by atomic mass is 16.7. The summed E-state index contributed by atoms with van der Waals surface area (Å²) in [6.45, 7) is 3.21. The van der Waals surface area contributed by atoms with E-state index in [9.17, 15) is 19.8 Å². The van der Waals surface area contributed by atoms with Crippen LogP contribution in [0.1, 0.15) is 20.7 Å². The lowest BCUT2D eigenvalue weighted by Crippen LogP contribution is -2.61. The lowest BCUT2D eigenvalue weighted by atomic mass is 9.98. The molecule has 1 heterocycles. The molecule has 8 nitrogen and oxygen atoms in total. The van der Waals surface area contributed by atoms with Crippen LogP contribution < -0.4 is 0 Å². The second-order valence-corrected chi connectivity index (χ2v) is 6.84. The summed E-state index contributed by atoms with van der Waals surface area (Å²) in [5.74, 6) is -1.32. The maximum Gasteiger partial charge on any atom is 0.338 e. The maximum absolute atomic E-state index is 12.5. The molecule has 2 N–H and O–H groups in total. The van der Waals surface area contributed by atoms with E-state index in [1.165, 1.54) is 6.08 Å². The molecule has 1 fully saturated rings. The Morgan fingerprint density at radius 2 is 1.52 bits per heavy atom. The first kappa shape index (κ1) is 22.6. The third-order valence-electron chi connectivity index (χ3n) is 4.68. The number of aliphatic hydroxyl groups excluding tert-OH is 2. The molecule has 1 aliphatic rings. The number of esters is 2. The molecule has 0 amide bonds. The van der Waals surface area contributed by atoms with Crippen molar-refractivity contribution in [1.82, 2.24) is 0 Å². The van der Waals surface area contributed by atoms with Crippen LogP contribution in [0.2, 0.25) is 0 Å². The molecule has 0 aliphatic carbocycles. The highest BCUT2D eigenvalue weighted by Crippen LogP contribution is 2.26. The second-order valence-electron chi connectivity index (χ2n) is 6.84. The van der Waals surface area contributed by atoms with E-state index in [-0.39, 0.29) is 18.8 Å². The average molecular weight is 428 g/mol. The molecular formula is C23H24O8. The summed E-state index contributed by atoms with van der Waals surface area (Å²) in [5.41, 5.74) is 0.595. The van der Waals surface area contributed by atoms with E-state index in [4.69, 9.17) is 18.9 Å². The predicted molar refractivity (Wildman–Crippen MR) is 109 cm³/mol. The van der Waals surface area contributed by atoms with Gasteiger partial charge < -0.3 is 29.2 Å². The van der Waals surface area contributed by atoms with Crippen molar-refractivity contribution in [3.63, 3.8) is 0 Å². The smallest absolute Gasteiger partial charge is 0.338 e. The topological polar surface area (TPSA) is 112 Å². The van der Waals surface area contributed by atoms with Gasteiger partial charge in [-0.15, -0.1) is 6.58 Å². The molecule has 0 radical (unpaired) electrons. The minimum atomic E-state index is -1.53. The molecule has 0 spiro atoms. The fraction of sp³-hybridized carbons (Fsp3) is 0.304. The number of carbonyl (C=O) groups excluding carboxylic acids is 2. The van der Waals surface area contributed by atoms with Gasteiger partial charge in [-0.3, -0.25) is 0 Å². The molecule has 31 heavy (non-hydrogen) atoms. The highest BCUT2D eigenvalue weighted by Gasteiger charge is 2.48. The molecule has 1 saturated heterocycles. The third-order valence-corrected chi connectivity index (χ3v) is 4.68. The van der Waals surface area contributed by atoms with Gasteiger partial charge in [0.15, 0.2) is 12.4 Å². The summed E-state index contributed by atoms with van der Waals surface area (Å²) in [5, 5.41) is 21.2. The van der Waals surface area contributed by atoms with E-state index in [1.54, 1.807) is 60.7 Å². The maximum atomic E-state index is 12.5. The standard InChI is InChI=1S/C23H24O8/c1-2-13-28-20-19(31-22(26)16-11-7-4-8-12-16)18(24)17(30-23(20)27)14-29-21(25)15-9-5-3-6-10-15/h2-12,17-20,23-24,27H,1,13-14H2/t17-,18+,19+,20-,23-/m1/s1. The quantitative estimate of drug-likeness (QED) is 0.483. The minimum Gasteiger partial charge on any atom is -0.459 e. The van der Waals surface area contributed by atoms with E-state index >= 15 is 0 Å². The summed E-state index contributed by atoms with van der Waals surface area (Å²) in [4.78, 5) is 24.7. The Hall–Kier alpha value is -3.04. The number of rotatable bonds is 8. The molecule has 0 unspecified atom stereocenters. The van der Waals surface area contributed by atoms with Gasteiger partial charge in [0.1, 0.15) is 24.9 Å².